The molecule has 2 saturated heterocycles. The van der Waals surface area contributed by atoms with Crippen LogP contribution in [0, 0.1) is 5.92 Å². The molecule has 2 unspecified atom stereocenters. The van der Waals surface area contributed by atoms with Crippen LogP contribution in [-0.4, -0.2) is 62.4 Å². The highest BCUT2D eigenvalue weighted by molar-refractivity contribution is 5.72. The number of carbonyl (C=O) groups is 1. The molecule has 2 atom stereocenters. The van der Waals surface area contributed by atoms with Crippen LogP contribution in [0.4, 0.5) is 0 Å². The fourth-order valence-corrected chi connectivity index (χ4v) is 3.95. The highest BCUT2D eigenvalue weighted by Crippen LogP contribution is 2.32. The van der Waals surface area contributed by atoms with Crippen LogP contribution >= 0.6 is 0 Å². The van der Waals surface area contributed by atoms with Gasteiger partial charge in [-0.3, -0.25) is 4.79 Å². The van der Waals surface area contributed by atoms with Gasteiger partial charge in [-0.1, -0.05) is 0 Å². The lowest BCUT2D eigenvalue weighted by atomic mass is 9.87. The van der Waals surface area contributed by atoms with E-state index in [0.29, 0.717) is 25.4 Å². The van der Waals surface area contributed by atoms with Crippen LogP contribution in [0.3, 0.4) is 0 Å². The first kappa shape index (κ1) is 18.7. The molecule has 0 bridgehead atoms. The Morgan fingerprint density at radius 1 is 0.962 bits per heavy atom. The lowest BCUT2D eigenvalue weighted by Crippen LogP contribution is -2.33. The lowest BCUT2D eigenvalue weighted by Gasteiger charge is -2.31. The predicted octanol–water partition coefficient (Wildman–Crippen LogP) is 2.62. The Bertz CT molecular complexity index is 471. The molecule has 4 fully saturated rings. The summed E-state index contributed by atoms with van der Waals surface area (Å²) < 4.78 is 28.1. The third kappa shape index (κ3) is 5.41. The third-order valence-corrected chi connectivity index (χ3v) is 6.09. The Hall–Kier alpha value is -0.690. The first-order chi connectivity index (χ1) is 12.6. The Kier molecular flexibility index (Phi) is 5.84. The number of hydrogen-bond donors (Lipinski definition) is 0. The normalized spacial score (nSPS) is 42.3. The van der Waals surface area contributed by atoms with Crippen molar-refractivity contribution in [1.82, 2.24) is 0 Å². The number of ether oxygens (including phenoxy) is 5. The fraction of sp³-hybridized carbons (Fsp3) is 0.950. The van der Waals surface area contributed by atoms with Gasteiger partial charge in [-0.25, -0.2) is 0 Å². The van der Waals surface area contributed by atoms with Crippen molar-refractivity contribution in [3.05, 3.63) is 0 Å². The molecule has 4 aliphatic rings. The number of carbonyl (C=O) groups excluding carboxylic acids is 1. The van der Waals surface area contributed by atoms with Crippen LogP contribution < -0.4 is 0 Å². The zero-order valence-electron chi connectivity index (χ0n) is 15.8. The van der Waals surface area contributed by atoms with E-state index < -0.39 is 0 Å². The maximum atomic E-state index is 12.5. The summed E-state index contributed by atoms with van der Waals surface area (Å²) in [5.41, 5.74) is -0.0516. The largest absolute Gasteiger partial charge is 0.462 e. The van der Waals surface area contributed by atoms with E-state index in [9.17, 15) is 4.79 Å². The van der Waals surface area contributed by atoms with Crippen molar-refractivity contribution < 1.29 is 28.5 Å². The summed E-state index contributed by atoms with van der Waals surface area (Å²) in [6.45, 7) is 5.11. The summed E-state index contributed by atoms with van der Waals surface area (Å²) in [5.74, 6) is 0.0419. The van der Waals surface area contributed by atoms with Gasteiger partial charge in [-0.2, -0.15) is 0 Å². The van der Waals surface area contributed by atoms with Gasteiger partial charge in [0.1, 0.15) is 17.8 Å². The highest BCUT2D eigenvalue weighted by atomic mass is 16.6. The molecular weight excluding hydrogens is 336 g/mol. The van der Waals surface area contributed by atoms with Crippen LogP contribution in [0.2, 0.25) is 0 Å². The molecule has 4 rings (SSSR count). The van der Waals surface area contributed by atoms with E-state index in [2.05, 4.69) is 6.92 Å². The molecule has 2 aliphatic carbocycles. The van der Waals surface area contributed by atoms with Crippen molar-refractivity contribution in [2.45, 2.75) is 88.3 Å². The van der Waals surface area contributed by atoms with E-state index >= 15 is 0 Å². The minimum Gasteiger partial charge on any atom is -0.462 e. The van der Waals surface area contributed by atoms with E-state index in [4.69, 9.17) is 23.7 Å². The Morgan fingerprint density at radius 2 is 1.54 bits per heavy atom. The zero-order chi connectivity index (χ0) is 18.0. The standard InChI is InChI=1S/C20H32O6/c1-20(13-25-20)12-24-16-4-2-14(3-5-16)19(21)26-17-8-6-15(7-9-17)22-10-18-11-23-18/h14-18H,2-13H2,1H3. The molecule has 6 heteroatoms. The Labute approximate surface area is 155 Å². The fourth-order valence-electron chi connectivity index (χ4n) is 3.95. The Morgan fingerprint density at radius 3 is 2.15 bits per heavy atom. The molecule has 0 aromatic heterocycles. The topological polar surface area (TPSA) is 69.8 Å². The summed E-state index contributed by atoms with van der Waals surface area (Å²) in [7, 11) is 0. The molecule has 0 amide bonds. The quantitative estimate of drug-likeness (QED) is 0.485. The van der Waals surface area contributed by atoms with E-state index in [0.717, 1.165) is 64.6 Å². The monoisotopic (exact) mass is 368 g/mol. The third-order valence-electron chi connectivity index (χ3n) is 6.09. The van der Waals surface area contributed by atoms with Gasteiger partial charge in [-0.05, 0) is 58.3 Å². The van der Waals surface area contributed by atoms with Crippen LogP contribution in [0.25, 0.3) is 0 Å². The molecule has 0 aromatic carbocycles. The molecule has 26 heavy (non-hydrogen) atoms. The highest BCUT2D eigenvalue weighted by Gasteiger charge is 2.40. The molecule has 2 aliphatic heterocycles. The van der Waals surface area contributed by atoms with Gasteiger partial charge in [0.15, 0.2) is 0 Å². The van der Waals surface area contributed by atoms with Gasteiger partial charge in [-0.15, -0.1) is 0 Å². The first-order valence-corrected chi connectivity index (χ1v) is 10.3. The van der Waals surface area contributed by atoms with Crippen LogP contribution in [0.15, 0.2) is 0 Å². The molecule has 2 saturated carbocycles. The number of rotatable bonds is 8. The van der Waals surface area contributed by atoms with E-state index in [1.807, 2.05) is 0 Å². The van der Waals surface area contributed by atoms with Gasteiger partial charge >= 0.3 is 5.97 Å². The minimum atomic E-state index is -0.0516. The van der Waals surface area contributed by atoms with Gasteiger partial charge in [0, 0.05) is 0 Å². The lowest BCUT2D eigenvalue weighted by molar-refractivity contribution is -0.159. The minimum absolute atomic E-state index is 0.00307. The van der Waals surface area contributed by atoms with Crippen molar-refractivity contribution in [3.63, 3.8) is 0 Å². The van der Waals surface area contributed by atoms with Crippen molar-refractivity contribution >= 4 is 5.97 Å². The molecule has 2 heterocycles. The molecule has 148 valence electrons. The van der Waals surface area contributed by atoms with Crippen LogP contribution in [-0.2, 0) is 28.5 Å². The van der Waals surface area contributed by atoms with Crippen molar-refractivity contribution in [2.24, 2.45) is 5.92 Å². The summed E-state index contributed by atoms with van der Waals surface area (Å²) >= 11 is 0. The summed E-state index contributed by atoms with van der Waals surface area (Å²) in [6.07, 6.45) is 8.39. The molecule has 0 radical (unpaired) electrons. The number of esters is 1. The van der Waals surface area contributed by atoms with Gasteiger partial charge in [0.05, 0.1) is 44.6 Å². The Balaban J connectivity index is 1.10. The predicted molar refractivity (Wildman–Crippen MR) is 93.9 cm³/mol. The molecular formula is C20H32O6. The second-order valence-corrected chi connectivity index (χ2v) is 8.65. The molecule has 6 nitrogen and oxygen atoms in total. The number of epoxide rings is 2. The zero-order valence-corrected chi connectivity index (χ0v) is 15.8. The van der Waals surface area contributed by atoms with Crippen molar-refractivity contribution in [3.8, 4) is 0 Å². The smallest absolute Gasteiger partial charge is 0.309 e. The first-order valence-electron chi connectivity index (χ1n) is 10.3. The number of hydrogen-bond acceptors (Lipinski definition) is 6. The van der Waals surface area contributed by atoms with Crippen molar-refractivity contribution in [2.75, 3.05) is 26.4 Å². The molecule has 0 spiro atoms. The second kappa shape index (κ2) is 8.13. The summed E-state index contributed by atoms with van der Waals surface area (Å²) in [6, 6.07) is 0. The van der Waals surface area contributed by atoms with Crippen LogP contribution in [0.1, 0.15) is 58.3 Å². The summed E-state index contributed by atoms with van der Waals surface area (Å²) in [4.78, 5) is 12.5. The van der Waals surface area contributed by atoms with E-state index in [-0.39, 0.29) is 29.7 Å². The second-order valence-electron chi connectivity index (χ2n) is 8.65. The summed E-state index contributed by atoms with van der Waals surface area (Å²) in [5, 5.41) is 0. The van der Waals surface area contributed by atoms with E-state index in [1.165, 1.54) is 0 Å². The van der Waals surface area contributed by atoms with E-state index in [1.54, 1.807) is 0 Å². The average molecular weight is 368 g/mol. The van der Waals surface area contributed by atoms with Gasteiger partial charge < -0.3 is 23.7 Å². The maximum Gasteiger partial charge on any atom is 0.309 e. The SMILES string of the molecule is CC1(COC2CCC(C(=O)OC3CCC(OCC4CO4)CC3)CC2)CO1. The molecule has 0 N–H and O–H groups in total. The maximum absolute atomic E-state index is 12.5. The van der Waals surface area contributed by atoms with Gasteiger partial charge in [0.25, 0.3) is 0 Å². The average Bonchev–Trinajstić information content (AvgIpc) is 3.58. The van der Waals surface area contributed by atoms with Crippen molar-refractivity contribution in [1.29, 1.82) is 0 Å². The van der Waals surface area contributed by atoms with Gasteiger partial charge in [0.2, 0.25) is 0 Å². The molecule has 0 aromatic rings. The van der Waals surface area contributed by atoms with Crippen LogP contribution in [0.5, 0.6) is 0 Å².